The summed E-state index contributed by atoms with van der Waals surface area (Å²) in [7, 11) is 0. The molecule has 0 amide bonds. The van der Waals surface area contributed by atoms with Crippen molar-refractivity contribution in [3.63, 3.8) is 0 Å². The third kappa shape index (κ3) is 4.24. The van der Waals surface area contributed by atoms with Crippen LogP contribution in [0.3, 0.4) is 0 Å². The number of aromatic nitrogens is 4. The number of alkyl halides is 1. The Balaban J connectivity index is 1.58. The summed E-state index contributed by atoms with van der Waals surface area (Å²) in [6.07, 6.45) is 4.23. The molecule has 0 unspecified atom stereocenters. The van der Waals surface area contributed by atoms with E-state index in [0.717, 1.165) is 36.5 Å². The fourth-order valence-corrected chi connectivity index (χ4v) is 3.26. The third-order valence-electron chi connectivity index (χ3n) is 4.52. The number of rotatable bonds is 5. The van der Waals surface area contributed by atoms with Gasteiger partial charge in [0.15, 0.2) is 11.5 Å². The van der Waals surface area contributed by atoms with Crippen LogP contribution in [0, 0.1) is 0 Å². The van der Waals surface area contributed by atoms with Gasteiger partial charge >= 0.3 is 0 Å². The Hall–Kier alpha value is -2.54. The van der Waals surface area contributed by atoms with Gasteiger partial charge in [-0.15, -0.1) is 10.2 Å². The lowest BCUT2D eigenvalue weighted by Gasteiger charge is -2.21. The molecular weight excluding hydrogens is 347 g/mol. The molecule has 2 aromatic heterocycles. The van der Waals surface area contributed by atoms with Crippen molar-refractivity contribution in [2.45, 2.75) is 51.5 Å². The molecule has 1 aromatic carbocycles. The Morgan fingerprint density at radius 1 is 1.15 bits per heavy atom. The van der Waals surface area contributed by atoms with Gasteiger partial charge < -0.3 is 9.47 Å². The number of ether oxygens (including phenoxy) is 2. The summed E-state index contributed by atoms with van der Waals surface area (Å²) < 4.78 is 26.4. The largest absolute Gasteiger partial charge is 0.459 e. The lowest BCUT2D eigenvalue weighted by molar-refractivity contribution is -0.0256. The summed E-state index contributed by atoms with van der Waals surface area (Å²) in [5.41, 5.74) is 2.41. The van der Waals surface area contributed by atoms with Gasteiger partial charge in [0.1, 0.15) is 5.75 Å². The average Bonchev–Trinajstić information content (AvgIpc) is 3.04. The number of fused-ring (bicyclic) bond motifs is 1. The van der Waals surface area contributed by atoms with Crippen LogP contribution >= 0.6 is 0 Å². The maximum absolute atomic E-state index is 13.6. The van der Waals surface area contributed by atoms with Gasteiger partial charge in [-0.3, -0.25) is 0 Å². The summed E-state index contributed by atoms with van der Waals surface area (Å²) in [5.74, 6) is -0.429. The Morgan fingerprint density at radius 3 is 2.67 bits per heavy atom. The Morgan fingerprint density at radius 2 is 1.96 bits per heavy atom. The first-order valence-corrected chi connectivity index (χ1v) is 9.29. The summed E-state index contributed by atoms with van der Waals surface area (Å²) in [6, 6.07) is 11.0. The van der Waals surface area contributed by atoms with Crippen molar-refractivity contribution in [1.29, 1.82) is 0 Å². The molecule has 0 aliphatic carbocycles. The van der Waals surface area contributed by atoms with E-state index in [0.29, 0.717) is 17.8 Å². The molecule has 1 atom stereocenters. The molecule has 1 saturated heterocycles. The molecule has 3 heterocycles. The maximum Gasteiger partial charge on any atom is 0.242 e. The molecular formula is C20H23FN4O2. The van der Waals surface area contributed by atoms with Crippen molar-refractivity contribution in [3.8, 4) is 17.0 Å². The highest BCUT2D eigenvalue weighted by Crippen LogP contribution is 2.24. The van der Waals surface area contributed by atoms with Crippen molar-refractivity contribution in [1.82, 2.24) is 19.8 Å². The monoisotopic (exact) mass is 370 g/mol. The third-order valence-corrected chi connectivity index (χ3v) is 4.52. The van der Waals surface area contributed by atoms with Gasteiger partial charge in [0.05, 0.1) is 11.8 Å². The van der Waals surface area contributed by atoms with Crippen LogP contribution in [0.15, 0.2) is 36.4 Å². The number of nitrogens with zero attached hydrogens (tertiary/aromatic N) is 4. The van der Waals surface area contributed by atoms with Crippen molar-refractivity contribution in [2.75, 3.05) is 6.61 Å². The molecule has 0 N–H and O–H groups in total. The molecule has 7 heteroatoms. The number of benzene rings is 1. The summed E-state index contributed by atoms with van der Waals surface area (Å²) in [6.45, 7) is 3.56. The van der Waals surface area contributed by atoms with Gasteiger partial charge in [0.25, 0.3) is 0 Å². The molecule has 142 valence electrons. The fourth-order valence-electron chi connectivity index (χ4n) is 3.26. The van der Waals surface area contributed by atoms with Crippen LogP contribution in [-0.2, 0) is 11.2 Å². The minimum Gasteiger partial charge on any atom is -0.459 e. The molecule has 0 radical (unpaired) electrons. The van der Waals surface area contributed by atoms with E-state index in [1.807, 2.05) is 24.3 Å². The van der Waals surface area contributed by atoms with Gasteiger partial charge in [-0.1, -0.05) is 0 Å². The van der Waals surface area contributed by atoms with Crippen LogP contribution in [0.1, 0.15) is 38.9 Å². The van der Waals surface area contributed by atoms with E-state index in [2.05, 4.69) is 10.2 Å². The zero-order valence-corrected chi connectivity index (χ0v) is 15.6. The van der Waals surface area contributed by atoms with E-state index >= 15 is 0 Å². The minimum absolute atomic E-state index is 0.178. The lowest BCUT2D eigenvalue weighted by atomic mass is 10.1. The second kappa shape index (κ2) is 7.23. The zero-order chi connectivity index (χ0) is 18.9. The van der Waals surface area contributed by atoms with Gasteiger partial charge in [0, 0.05) is 32.4 Å². The summed E-state index contributed by atoms with van der Waals surface area (Å²) >= 11 is 0. The van der Waals surface area contributed by atoms with Gasteiger partial charge in [0.2, 0.25) is 5.85 Å². The molecule has 0 saturated carbocycles. The van der Waals surface area contributed by atoms with Crippen LogP contribution in [0.5, 0.6) is 5.75 Å². The smallest absolute Gasteiger partial charge is 0.242 e. The van der Waals surface area contributed by atoms with Crippen molar-refractivity contribution in [2.24, 2.45) is 0 Å². The van der Waals surface area contributed by atoms with Crippen molar-refractivity contribution < 1.29 is 13.9 Å². The predicted molar refractivity (Wildman–Crippen MR) is 99.3 cm³/mol. The number of hydrogen-bond donors (Lipinski definition) is 0. The van der Waals surface area contributed by atoms with Gasteiger partial charge in [-0.25, -0.2) is 0 Å². The van der Waals surface area contributed by atoms with Gasteiger partial charge in [-0.05, 0) is 55.7 Å². The number of halogens is 1. The number of hydrogen-bond acceptors (Lipinski definition) is 5. The Bertz CT molecular complexity index is 912. The lowest BCUT2D eigenvalue weighted by Crippen LogP contribution is -2.22. The van der Waals surface area contributed by atoms with Crippen LogP contribution in [-0.4, -0.2) is 38.4 Å². The summed E-state index contributed by atoms with van der Waals surface area (Å²) in [5, 5.41) is 13.2. The highest BCUT2D eigenvalue weighted by atomic mass is 19.2. The minimum atomic E-state index is -1.71. The molecule has 3 aromatic rings. The van der Waals surface area contributed by atoms with E-state index in [1.54, 1.807) is 16.6 Å². The van der Waals surface area contributed by atoms with E-state index in [1.165, 1.54) is 20.3 Å². The highest BCUT2D eigenvalue weighted by Gasteiger charge is 2.19. The molecule has 4 rings (SSSR count). The van der Waals surface area contributed by atoms with E-state index in [4.69, 9.17) is 14.6 Å². The maximum atomic E-state index is 13.6. The molecule has 0 bridgehead atoms. The second-order valence-corrected chi connectivity index (χ2v) is 7.29. The normalized spacial score (nSPS) is 18.0. The average molecular weight is 370 g/mol. The van der Waals surface area contributed by atoms with Crippen molar-refractivity contribution >= 4 is 5.65 Å². The zero-order valence-electron chi connectivity index (χ0n) is 15.6. The molecule has 27 heavy (non-hydrogen) atoms. The first kappa shape index (κ1) is 17.9. The molecule has 0 spiro atoms. The molecule has 6 nitrogen and oxygen atoms in total. The van der Waals surface area contributed by atoms with Crippen molar-refractivity contribution in [3.05, 3.63) is 42.2 Å². The summed E-state index contributed by atoms with van der Waals surface area (Å²) in [4.78, 5) is 0. The van der Waals surface area contributed by atoms with E-state index in [-0.39, 0.29) is 6.10 Å². The van der Waals surface area contributed by atoms with E-state index in [9.17, 15) is 4.39 Å². The van der Waals surface area contributed by atoms with Crippen LogP contribution in [0.2, 0.25) is 0 Å². The van der Waals surface area contributed by atoms with Crippen LogP contribution < -0.4 is 4.74 Å². The quantitative estimate of drug-likeness (QED) is 0.680. The standard InChI is InChI=1S/C20H23FN4O2/c1-20(2,21)27-15-8-6-14(7-9-15)17-10-11-18-22-23-19(25(18)24-17)13-16-5-3-4-12-26-16/h6-11,16H,3-5,12-13H2,1-2H3/t16-/m1/s1. The SMILES string of the molecule is CC(C)(F)Oc1ccc(-c2ccc3nnc(C[C@H]4CCCCO4)n3n2)cc1. The Kier molecular flexibility index (Phi) is 4.78. The fraction of sp³-hybridized carbons (Fsp3) is 0.450. The highest BCUT2D eigenvalue weighted by molar-refractivity contribution is 5.61. The van der Waals surface area contributed by atoms with Crippen LogP contribution in [0.25, 0.3) is 16.9 Å². The first-order valence-electron chi connectivity index (χ1n) is 9.29. The predicted octanol–water partition coefficient (Wildman–Crippen LogP) is 3.99. The Labute approximate surface area is 157 Å². The topological polar surface area (TPSA) is 61.5 Å². The second-order valence-electron chi connectivity index (χ2n) is 7.29. The molecule has 1 fully saturated rings. The van der Waals surface area contributed by atoms with Gasteiger partial charge in [-0.2, -0.15) is 14.0 Å². The van der Waals surface area contributed by atoms with Crippen LogP contribution in [0.4, 0.5) is 4.39 Å². The first-order chi connectivity index (χ1) is 13.0. The molecule has 1 aliphatic heterocycles. The molecule has 1 aliphatic rings. The van der Waals surface area contributed by atoms with E-state index < -0.39 is 5.85 Å².